The first kappa shape index (κ1) is 14.6. The van der Waals surface area contributed by atoms with Crippen molar-refractivity contribution >= 4 is 27.5 Å². The van der Waals surface area contributed by atoms with Crippen molar-refractivity contribution in [2.45, 2.75) is 19.8 Å². The lowest BCUT2D eigenvalue weighted by molar-refractivity contribution is 0.170. The summed E-state index contributed by atoms with van der Waals surface area (Å²) in [5.74, 6) is 2.02. The minimum Gasteiger partial charge on any atom is -0.486 e. The van der Waals surface area contributed by atoms with Gasteiger partial charge < -0.3 is 9.47 Å². The van der Waals surface area contributed by atoms with Gasteiger partial charge in [-0.2, -0.15) is 0 Å². The first-order valence-corrected chi connectivity index (χ1v) is 7.97. The van der Waals surface area contributed by atoms with Crippen LogP contribution in [-0.4, -0.2) is 23.2 Å². The molecule has 1 aliphatic heterocycles. The average Bonchev–Trinajstić information content (AvgIpc) is 2.47. The summed E-state index contributed by atoms with van der Waals surface area (Å²) in [6.45, 7) is 3.20. The van der Waals surface area contributed by atoms with Crippen LogP contribution in [-0.2, 0) is 6.42 Å². The van der Waals surface area contributed by atoms with Crippen molar-refractivity contribution in [3.63, 3.8) is 0 Å². The molecule has 0 spiro atoms. The van der Waals surface area contributed by atoms with Gasteiger partial charge in [-0.25, -0.2) is 9.97 Å². The van der Waals surface area contributed by atoms with Crippen LogP contribution in [0.3, 0.4) is 0 Å². The molecule has 2 heterocycles. The number of ether oxygens (including phenoxy) is 2. The van der Waals surface area contributed by atoms with Gasteiger partial charge in [0.1, 0.15) is 18.4 Å². The van der Waals surface area contributed by atoms with Crippen LogP contribution in [0, 0.1) is 0 Å². The number of hydrogen-bond acceptors (Lipinski definition) is 4. The van der Waals surface area contributed by atoms with Crippen LogP contribution < -0.4 is 9.47 Å². The molecule has 3 rings (SSSR count). The van der Waals surface area contributed by atoms with Gasteiger partial charge in [-0.05, 0) is 40.5 Å². The summed E-state index contributed by atoms with van der Waals surface area (Å²) in [5, 5.41) is 0.453. The smallest absolute Gasteiger partial charge is 0.175 e. The number of aromatic nitrogens is 2. The molecule has 0 atom stereocenters. The first-order valence-electron chi connectivity index (χ1n) is 6.80. The maximum Gasteiger partial charge on any atom is 0.175 e. The molecular weight excluding hydrogens is 356 g/mol. The van der Waals surface area contributed by atoms with Crippen molar-refractivity contribution < 1.29 is 9.47 Å². The molecule has 4 nitrogen and oxygen atoms in total. The third-order valence-corrected chi connectivity index (χ3v) is 3.89. The number of fused-ring (bicyclic) bond motifs is 1. The van der Waals surface area contributed by atoms with Crippen molar-refractivity contribution in [1.82, 2.24) is 9.97 Å². The molecule has 110 valence electrons. The van der Waals surface area contributed by atoms with E-state index in [4.69, 9.17) is 21.1 Å². The molecule has 0 saturated heterocycles. The summed E-state index contributed by atoms with van der Waals surface area (Å²) in [6, 6.07) is 5.62. The fraction of sp³-hybridized carbons (Fsp3) is 0.333. The molecule has 2 aromatic rings. The standard InChI is InChI=1S/C15H14BrClN2O2/c1-2-3-10-8-13(17)19-15(18-10)9-6-11(16)14-12(7-9)20-4-5-21-14/h6-8H,2-5H2,1H3. The molecule has 0 fully saturated rings. The van der Waals surface area contributed by atoms with E-state index in [2.05, 4.69) is 32.8 Å². The van der Waals surface area contributed by atoms with Crippen molar-refractivity contribution in [1.29, 1.82) is 0 Å². The molecule has 0 unspecified atom stereocenters. The molecule has 1 aliphatic rings. The Bertz CT molecular complexity index is 679. The minimum absolute atomic E-state index is 0.453. The normalized spacial score (nSPS) is 13.3. The van der Waals surface area contributed by atoms with Crippen LogP contribution >= 0.6 is 27.5 Å². The van der Waals surface area contributed by atoms with Gasteiger partial charge in [0.25, 0.3) is 0 Å². The minimum atomic E-state index is 0.453. The van der Waals surface area contributed by atoms with E-state index >= 15 is 0 Å². The van der Waals surface area contributed by atoms with E-state index in [1.54, 1.807) is 0 Å². The topological polar surface area (TPSA) is 44.2 Å². The molecule has 0 saturated carbocycles. The highest BCUT2D eigenvalue weighted by Crippen LogP contribution is 2.40. The number of nitrogens with zero attached hydrogens (tertiary/aromatic N) is 2. The summed E-state index contributed by atoms with van der Waals surface area (Å²) in [7, 11) is 0. The highest BCUT2D eigenvalue weighted by molar-refractivity contribution is 9.10. The quantitative estimate of drug-likeness (QED) is 0.757. The van der Waals surface area contributed by atoms with Crippen LogP contribution in [0.25, 0.3) is 11.4 Å². The lowest BCUT2D eigenvalue weighted by Crippen LogP contribution is -2.15. The Morgan fingerprint density at radius 2 is 2.00 bits per heavy atom. The van der Waals surface area contributed by atoms with Gasteiger partial charge in [-0.1, -0.05) is 24.9 Å². The largest absolute Gasteiger partial charge is 0.486 e. The van der Waals surface area contributed by atoms with Crippen LogP contribution in [0.1, 0.15) is 19.0 Å². The second-order valence-electron chi connectivity index (χ2n) is 4.74. The predicted octanol–water partition coefficient (Wildman–Crippen LogP) is 4.28. The van der Waals surface area contributed by atoms with E-state index in [1.807, 2.05) is 18.2 Å². The Balaban J connectivity index is 2.06. The fourth-order valence-electron chi connectivity index (χ4n) is 2.22. The summed E-state index contributed by atoms with van der Waals surface area (Å²) in [5.41, 5.74) is 1.80. The summed E-state index contributed by atoms with van der Waals surface area (Å²) < 4.78 is 12.1. The van der Waals surface area contributed by atoms with E-state index in [-0.39, 0.29) is 0 Å². The van der Waals surface area contributed by atoms with E-state index < -0.39 is 0 Å². The number of halogens is 2. The monoisotopic (exact) mass is 368 g/mol. The lowest BCUT2D eigenvalue weighted by Gasteiger charge is -2.20. The summed E-state index contributed by atoms with van der Waals surface area (Å²) in [6.07, 6.45) is 1.89. The predicted molar refractivity (Wildman–Crippen MR) is 85.2 cm³/mol. The van der Waals surface area contributed by atoms with E-state index in [1.165, 1.54) is 0 Å². The van der Waals surface area contributed by atoms with Crippen molar-refractivity contribution in [3.05, 3.63) is 33.5 Å². The zero-order valence-electron chi connectivity index (χ0n) is 11.5. The van der Waals surface area contributed by atoms with Crippen LogP contribution in [0.2, 0.25) is 5.15 Å². The van der Waals surface area contributed by atoms with E-state index in [0.29, 0.717) is 29.9 Å². The molecule has 0 radical (unpaired) electrons. The molecule has 21 heavy (non-hydrogen) atoms. The number of benzene rings is 1. The second kappa shape index (κ2) is 6.20. The van der Waals surface area contributed by atoms with Crippen molar-refractivity contribution in [2.24, 2.45) is 0 Å². The zero-order valence-corrected chi connectivity index (χ0v) is 13.9. The maximum atomic E-state index is 6.10. The number of aryl methyl sites for hydroxylation is 1. The average molecular weight is 370 g/mol. The number of rotatable bonds is 3. The van der Waals surface area contributed by atoms with Crippen molar-refractivity contribution in [2.75, 3.05) is 13.2 Å². The Hall–Kier alpha value is -1.33. The van der Waals surface area contributed by atoms with Gasteiger partial charge in [-0.3, -0.25) is 0 Å². The van der Waals surface area contributed by atoms with Gasteiger partial charge in [0.15, 0.2) is 17.3 Å². The van der Waals surface area contributed by atoms with E-state index in [9.17, 15) is 0 Å². The Kier molecular flexibility index (Phi) is 4.31. The number of hydrogen-bond donors (Lipinski definition) is 0. The fourth-order valence-corrected chi connectivity index (χ4v) is 2.98. The SMILES string of the molecule is CCCc1cc(Cl)nc(-c2cc(Br)c3c(c2)OCCO3)n1. The lowest BCUT2D eigenvalue weighted by atomic mass is 10.1. The van der Waals surface area contributed by atoms with Crippen molar-refractivity contribution in [3.8, 4) is 22.9 Å². The van der Waals surface area contributed by atoms with Gasteiger partial charge in [-0.15, -0.1) is 0 Å². The zero-order chi connectivity index (χ0) is 14.8. The third-order valence-electron chi connectivity index (χ3n) is 3.11. The molecule has 6 heteroatoms. The molecule has 0 amide bonds. The summed E-state index contributed by atoms with van der Waals surface area (Å²) >= 11 is 9.60. The van der Waals surface area contributed by atoms with Crippen LogP contribution in [0.15, 0.2) is 22.7 Å². The first-order chi connectivity index (χ1) is 10.2. The van der Waals surface area contributed by atoms with Gasteiger partial charge >= 0.3 is 0 Å². The highest BCUT2D eigenvalue weighted by Gasteiger charge is 2.18. The van der Waals surface area contributed by atoms with Crippen LogP contribution in [0.4, 0.5) is 0 Å². The Morgan fingerprint density at radius 3 is 2.81 bits per heavy atom. The Morgan fingerprint density at radius 1 is 1.19 bits per heavy atom. The molecule has 0 aliphatic carbocycles. The molecule has 0 N–H and O–H groups in total. The molecule has 1 aromatic carbocycles. The maximum absolute atomic E-state index is 6.10. The van der Waals surface area contributed by atoms with E-state index in [0.717, 1.165) is 34.3 Å². The highest BCUT2D eigenvalue weighted by atomic mass is 79.9. The Labute approximate surface area is 136 Å². The third kappa shape index (κ3) is 3.14. The van der Waals surface area contributed by atoms with Gasteiger partial charge in [0, 0.05) is 11.3 Å². The van der Waals surface area contributed by atoms with Gasteiger partial charge in [0.05, 0.1) is 4.47 Å². The second-order valence-corrected chi connectivity index (χ2v) is 5.98. The molecule has 1 aromatic heterocycles. The molecule has 0 bridgehead atoms. The molecular formula is C15H14BrClN2O2. The summed E-state index contributed by atoms with van der Waals surface area (Å²) in [4.78, 5) is 8.88. The van der Waals surface area contributed by atoms with Crippen LogP contribution in [0.5, 0.6) is 11.5 Å². The van der Waals surface area contributed by atoms with Gasteiger partial charge in [0.2, 0.25) is 0 Å².